The van der Waals surface area contributed by atoms with Crippen LogP contribution in [0.3, 0.4) is 0 Å². The van der Waals surface area contributed by atoms with Crippen molar-refractivity contribution in [2.24, 2.45) is 5.73 Å². The molecule has 9 heteroatoms. The van der Waals surface area contributed by atoms with Crippen LogP contribution in [-0.4, -0.2) is 39.3 Å². The standard InChI is InChI=1S/C22H19N7O2/c1-28(21-5-2-16(9-23)10-26-21)14-31-13-15-6-7-29-20(8-15)18(12-27-29)19-4-3-17(11-25-19)22(24)30/h2-8,10-12H,13-14H2,1H3,(H2,24,30). The van der Waals surface area contributed by atoms with Gasteiger partial charge < -0.3 is 15.4 Å². The van der Waals surface area contributed by atoms with Gasteiger partial charge in [-0.1, -0.05) is 0 Å². The first-order valence-corrected chi connectivity index (χ1v) is 9.42. The molecule has 2 N–H and O–H groups in total. The third-order valence-electron chi connectivity index (χ3n) is 4.73. The number of carbonyl (C=O) groups is 1. The van der Waals surface area contributed by atoms with Gasteiger partial charge in [0.25, 0.3) is 0 Å². The van der Waals surface area contributed by atoms with E-state index in [2.05, 4.69) is 15.1 Å². The molecular weight excluding hydrogens is 394 g/mol. The average molecular weight is 413 g/mol. The normalized spacial score (nSPS) is 10.7. The number of amides is 1. The highest BCUT2D eigenvalue weighted by molar-refractivity contribution is 5.93. The van der Waals surface area contributed by atoms with Crippen molar-refractivity contribution >= 4 is 17.2 Å². The quantitative estimate of drug-likeness (QED) is 0.462. The van der Waals surface area contributed by atoms with Crippen LogP contribution in [0, 0.1) is 11.3 Å². The molecule has 31 heavy (non-hydrogen) atoms. The number of anilines is 1. The van der Waals surface area contributed by atoms with Crippen molar-refractivity contribution in [3.05, 3.63) is 77.9 Å². The van der Waals surface area contributed by atoms with Crippen molar-refractivity contribution in [3.63, 3.8) is 0 Å². The Morgan fingerprint density at radius 3 is 2.74 bits per heavy atom. The molecule has 0 aromatic carbocycles. The van der Waals surface area contributed by atoms with Gasteiger partial charge in [-0.05, 0) is 42.0 Å². The molecule has 1 amide bonds. The SMILES string of the molecule is CN(COCc1ccn2ncc(-c3ccc(C(N)=O)cn3)c2c1)c1ccc(C#N)cn1. The number of hydrogen-bond donors (Lipinski definition) is 1. The molecule has 4 heterocycles. The van der Waals surface area contributed by atoms with Crippen LogP contribution in [0.5, 0.6) is 0 Å². The second kappa shape index (κ2) is 8.61. The van der Waals surface area contributed by atoms with E-state index in [0.29, 0.717) is 30.2 Å². The minimum absolute atomic E-state index is 0.340. The summed E-state index contributed by atoms with van der Waals surface area (Å²) < 4.78 is 7.59. The van der Waals surface area contributed by atoms with E-state index < -0.39 is 5.91 Å². The Morgan fingerprint density at radius 2 is 2.06 bits per heavy atom. The zero-order chi connectivity index (χ0) is 21.8. The molecule has 0 saturated carbocycles. The number of carbonyl (C=O) groups excluding carboxylic acids is 1. The first kappa shape index (κ1) is 20.0. The van der Waals surface area contributed by atoms with Crippen molar-refractivity contribution in [1.29, 1.82) is 5.26 Å². The van der Waals surface area contributed by atoms with Gasteiger partial charge in [-0.25, -0.2) is 9.50 Å². The molecule has 0 aliphatic carbocycles. The summed E-state index contributed by atoms with van der Waals surface area (Å²) in [6.45, 7) is 0.738. The second-order valence-electron chi connectivity index (χ2n) is 6.91. The number of nitrogens with two attached hydrogens (primary N) is 1. The Bertz CT molecular complexity index is 1260. The van der Waals surface area contributed by atoms with Crippen molar-refractivity contribution in [3.8, 4) is 17.3 Å². The van der Waals surface area contributed by atoms with E-state index in [9.17, 15) is 4.79 Å². The van der Waals surface area contributed by atoms with E-state index in [1.807, 2.05) is 36.3 Å². The van der Waals surface area contributed by atoms with Gasteiger partial charge in [0.05, 0.1) is 35.1 Å². The molecule has 9 nitrogen and oxygen atoms in total. The predicted molar refractivity (Wildman–Crippen MR) is 114 cm³/mol. The van der Waals surface area contributed by atoms with Crippen LogP contribution in [0.1, 0.15) is 21.5 Å². The van der Waals surface area contributed by atoms with Gasteiger partial charge in [0.2, 0.25) is 5.91 Å². The molecule has 0 spiro atoms. The highest BCUT2D eigenvalue weighted by atomic mass is 16.5. The van der Waals surface area contributed by atoms with Crippen LogP contribution in [0.2, 0.25) is 0 Å². The molecule has 0 unspecified atom stereocenters. The third-order valence-corrected chi connectivity index (χ3v) is 4.73. The van der Waals surface area contributed by atoms with Crippen LogP contribution < -0.4 is 10.6 Å². The number of rotatable bonds is 7. The summed E-state index contributed by atoms with van der Waals surface area (Å²) in [7, 11) is 1.87. The molecular formula is C22H19N7O2. The summed E-state index contributed by atoms with van der Waals surface area (Å²) in [6.07, 6.45) is 6.59. The minimum atomic E-state index is -0.514. The highest BCUT2D eigenvalue weighted by Crippen LogP contribution is 2.24. The van der Waals surface area contributed by atoms with Crippen LogP contribution in [0.25, 0.3) is 16.8 Å². The molecule has 154 valence electrons. The molecule has 0 bridgehead atoms. The fourth-order valence-electron chi connectivity index (χ4n) is 3.06. The lowest BCUT2D eigenvalue weighted by Crippen LogP contribution is -2.21. The van der Waals surface area contributed by atoms with Crippen molar-refractivity contribution in [1.82, 2.24) is 19.6 Å². The monoisotopic (exact) mass is 413 g/mol. The van der Waals surface area contributed by atoms with E-state index in [-0.39, 0.29) is 0 Å². The first-order valence-electron chi connectivity index (χ1n) is 9.42. The summed E-state index contributed by atoms with van der Waals surface area (Å²) in [5.41, 5.74) is 9.55. The highest BCUT2D eigenvalue weighted by Gasteiger charge is 2.10. The van der Waals surface area contributed by atoms with Crippen molar-refractivity contribution < 1.29 is 9.53 Å². The number of nitrogens with zero attached hydrogens (tertiary/aromatic N) is 6. The maximum Gasteiger partial charge on any atom is 0.250 e. The first-order chi connectivity index (χ1) is 15.0. The number of nitriles is 1. The molecule has 0 saturated heterocycles. The number of hydrogen-bond acceptors (Lipinski definition) is 7. The third kappa shape index (κ3) is 4.34. The van der Waals surface area contributed by atoms with Gasteiger partial charge in [0, 0.05) is 31.2 Å². The average Bonchev–Trinajstić information content (AvgIpc) is 3.22. The van der Waals surface area contributed by atoms with Gasteiger partial charge in [-0.15, -0.1) is 0 Å². The zero-order valence-electron chi connectivity index (χ0n) is 16.8. The minimum Gasteiger partial charge on any atom is -0.366 e. The molecule has 0 aliphatic heterocycles. The Hall–Kier alpha value is -4.29. The predicted octanol–water partition coefficient (Wildman–Crippen LogP) is 2.37. The van der Waals surface area contributed by atoms with Gasteiger partial charge in [-0.3, -0.25) is 9.78 Å². The fourth-order valence-corrected chi connectivity index (χ4v) is 3.06. The number of aromatic nitrogens is 4. The lowest BCUT2D eigenvalue weighted by Gasteiger charge is -2.18. The van der Waals surface area contributed by atoms with Gasteiger partial charge >= 0.3 is 0 Å². The molecule has 0 radical (unpaired) electrons. The maximum absolute atomic E-state index is 11.3. The Labute approximate surface area is 178 Å². The lowest BCUT2D eigenvalue weighted by atomic mass is 10.1. The maximum atomic E-state index is 11.3. The Kier molecular flexibility index (Phi) is 5.55. The van der Waals surface area contributed by atoms with E-state index in [1.165, 1.54) is 12.4 Å². The lowest BCUT2D eigenvalue weighted by molar-refractivity contribution is 0.1000. The fraction of sp³-hybridized carbons (Fsp3) is 0.136. The molecule has 0 atom stereocenters. The summed E-state index contributed by atoms with van der Waals surface area (Å²) >= 11 is 0. The number of pyridine rings is 3. The number of primary amides is 1. The van der Waals surface area contributed by atoms with E-state index in [0.717, 1.165) is 22.5 Å². The van der Waals surface area contributed by atoms with Crippen molar-refractivity contribution in [2.45, 2.75) is 6.61 Å². The van der Waals surface area contributed by atoms with Crippen molar-refractivity contribution in [2.75, 3.05) is 18.7 Å². The van der Waals surface area contributed by atoms with E-state index in [1.54, 1.807) is 35.0 Å². The van der Waals surface area contributed by atoms with Crippen LogP contribution in [-0.2, 0) is 11.3 Å². The number of fused-ring (bicyclic) bond motifs is 1. The molecule has 4 aromatic rings. The van der Waals surface area contributed by atoms with E-state index in [4.69, 9.17) is 15.7 Å². The smallest absolute Gasteiger partial charge is 0.250 e. The Morgan fingerprint density at radius 1 is 1.19 bits per heavy atom. The largest absolute Gasteiger partial charge is 0.366 e. The van der Waals surface area contributed by atoms with Crippen LogP contribution in [0.4, 0.5) is 5.82 Å². The molecule has 4 rings (SSSR count). The van der Waals surface area contributed by atoms with Gasteiger partial charge in [0.15, 0.2) is 0 Å². The zero-order valence-corrected chi connectivity index (χ0v) is 16.8. The summed E-state index contributed by atoms with van der Waals surface area (Å²) in [5.74, 6) is 0.206. The summed E-state index contributed by atoms with van der Waals surface area (Å²) in [6, 6.07) is 12.9. The molecule has 4 aromatic heterocycles. The van der Waals surface area contributed by atoms with E-state index >= 15 is 0 Å². The molecule has 0 fully saturated rings. The number of ether oxygens (including phenoxy) is 1. The second-order valence-corrected chi connectivity index (χ2v) is 6.91. The van der Waals surface area contributed by atoms with Crippen LogP contribution >= 0.6 is 0 Å². The Balaban J connectivity index is 1.45. The summed E-state index contributed by atoms with van der Waals surface area (Å²) in [4.78, 5) is 21.7. The van der Waals surface area contributed by atoms with Gasteiger partial charge in [0.1, 0.15) is 18.6 Å². The topological polar surface area (TPSA) is 122 Å². The molecule has 0 aliphatic rings. The summed E-state index contributed by atoms with van der Waals surface area (Å²) in [5, 5.41) is 13.2. The van der Waals surface area contributed by atoms with Crippen LogP contribution in [0.15, 0.2) is 61.2 Å². The van der Waals surface area contributed by atoms with Gasteiger partial charge in [-0.2, -0.15) is 10.4 Å².